The zero-order valence-electron chi connectivity index (χ0n) is 12.0. The molecule has 1 aromatic carbocycles. The van der Waals surface area contributed by atoms with Gasteiger partial charge in [0.25, 0.3) is 6.02 Å². The van der Waals surface area contributed by atoms with Gasteiger partial charge in [-0.1, -0.05) is 0 Å². The fraction of sp³-hybridized carbons (Fsp3) is 0.286. The van der Waals surface area contributed by atoms with Gasteiger partial charge in [-0.05, 0) is 13.0 Å². The summed E-state index contributed by atoms with van der Waals surface area (Å²) in [5.74, 6) is -4.33. The second-order valence-corrected chi connectivity index (χ2v) is 4.48. The lowest BCUT2D eigenvalue weighted by Crippen LogP contribution is -2.37. The number of nitrogens with zero attached hydrogens (tertiary/aromatic N) is 1. The van der Waals surface area contributed by atoms with E-state index in [9.17, 15) is 18.0 Å². The summed E-state index contributed by atoms with van der Waals surface area (Å²) in [4.78, 5) is 15.9. The number of methoxy groups -OCH3 is 2. The second kappa shape index (κ2) is 6.08. The molecule has 118 valence electrons. The van der Waals surface area contributed by atoms with Crippen LogP contribution in [0.4, 0.5) is 13.2 Å². The summed E-state index contributed by atoms with van der Waals surface area (Å²) < 4.78 is 50.1. The first-order chi connectivity index (χ1) is 10.4. The number of ether oxygens (including phenoxy) is 2. The van der Waals surface area contributed by atoms with E-state index < -0.39 is 29.5 Å². The van der Waals surface area contributed by atoms with Gasteiger partial charge in [-0.2, -0.15) is 0 Å². The van der Waals surface area contributed by atoms with Gasteiger partial charge >= 0.3 is 5.97 Å². The smallest absolute Gasteiger partial charge is 0.338 e. The van der Waals surface area contributed by atoms with Gasteiger partial charge in [-0.3, -0.25) is 0 Å². The van der Waals surface area contributed by atoms with Crippen molar-refractivity contribution in [2.45, 2.75) is 13.0 Å². The van der Waals surface area contributed by atoms with Crippen LogP contribution in [-0.4, -0.2) is 26.2 Å². The molecule has 0 aromatic heterocycles. The Kier molecular flexibility index (Phi) is 4.39. The van der Waals surface area contributed by atoms with Crippen LogP contribution >= 0.6 is 0 Å². The van der Waals surface area contributed by atoms with E-state index in [-0.39, 0.29) is 22.9 Å². The second-order valence-electron chi connectivity index (χ2n) is 4.48. The van der Waals surface area contributed by atoms with Gasteiger partial charge in [-0.15, -0.1) is 0 Å². The topological polar surface area (TPSA) is 59.9 Å². The Morgan fingerprint density at radius 1 is 1.18 bits per heavy atom. The van der Waals surface area contributed by atoms with E-state index in [2.05, 4.69) is 15.0 Å². The molecule has 0 bridgehead atoms. The molecule has 0 fully saturated rings. The third-order valence-corrected chi connectivity index (χ3v) is 3.16. The number of hydrogen-bond donors (Lipinski definition) is 1. The van der Waals surface area contributed by atoms with Crippen LogP contribution in [0.5, 0.6) is 0 Å². The van der Waals surface area contributed by atoms with E-state index in [1.807, 2.05) is 0 Å². The van der Waals surface area contributed by atoms with Crippen LogP contribution in [-0.2, 0) is 14.3 Å². The third-order valence-electron chi connectivity index (χ3n) is 3.16. The molecule has 0 saturated carbocycles. The molecular formula is C14H13F3N2O3. The quantitative estimate of drug-likeness (QED) is 0.671. The average molecular weight is 314 g/mol. The Morgan fingerprint density at radius 3 is 2.41 bits per heavy atom. The average Bonchev–Trinajstić information content (AvgIpc) is 2.49. The highest BCUT2D eigenvalue weighted by Crippen LogP contribution is 2.31. The molecule has 1 aliphatic heterocycles. The summed E-state index contributed by atoms with van der Waals surface area (Å²) in [5.41, 5.74) is -0.0621. The zero-order chi connectivity index (χ0) is 16.4. The Labute approximate surface area is 124 Å². The summed E-state index contributed by atoms with van der Waals surface area (Å²) in [6, 6.07) is -0.0133. The maximum atomic E-state index is 14.0. The summed E-state index contributed by atoms with van der Waals surface area (Å²) in [6.45, 7) is 1.50. The number of nitrogens with one attached hydrogen (secondary N) is 1. The molecule has 1 atom stereocenters. The summed E-state index contributed by atoms with van der Waals surface area (Å²) >= 11 is 0. The van der Waals surface area contributed by atoms with Gasteiger partial charge in [0, 0.05) is 11.6 Å². The lowest BCUT2D eigenvalue weighted by molar-refractivity contribution is -0.136. The molecule has 1 aliphatic rings. The molecule has 1 unspecified atom stereocenters. The molecular weight excluding hydrogens is 301 g/mol. The monoisotopic (exact) mass is 314 g/mol. The number of aliphatic imine (C=N–C) groups is 1. The summed E-state index contributed by atoms with van der Waals surface area (Å²) in [6.07, 6.45) is 0. The minimum absolute atomic E-state index is 0.0132. The van der Waals surface area contributed by atoms with Crippen LogP contribution in [0.2, 0.25) is 0 Å². The van der Waals surface area contributed by atoms with Gasteiger partial charge in [0.2, 0.25) is 0 Å². The van der Waals surface area contributed by atoms with Crippen LogP contribution in [0.1, 0.15) is 18.5 Å². The zero-order valence-corrected chi connectivity index (χ0v) is 12.0. The number of carbonyl (C=O) groups is 1. The predicted molar refractivity (Wildman–Crippen MR) is 71.4 cm³/mol. The van der Waals surface area contributed by atoms with E-state index in [1.165, 1.54) is 14.0 Å². The van der Waals surface area contributed by atoms with Gasteiger partial charge < -0.3 is 14.8 Å². The largest absolute Gasteiger partial charge is 0.468 e. The van der Waals surface area contributed by atoms with Crippen molar-refractivity contribution in [3.8, 4) is 0 Å². The summed E-state index contributed by atoms with van der Waals surface area (Å²) in [5, 5.41) is 2.64. The van der Waals surface area contributed by atoms with Crippen molar-refractivity contribution >= 4 is 12.0 Å². The standard InChI is InChI=1S/C14H13F3N2O3/c1-6-11(13(20)21-2)12(19-14(18-6)22-3)7-4-9(16)10(17)5-8(7)15/h4-5,12H,1-3H3,(H,18,19). The normalized spacial score (nSPS) is 17.7. The lowest BCUT2D eigenvalue weighted by Gasteiger charge is -2.26. The third kappa shape index (κ3) is 2.76. The van der Waals surface area contributed by atoms with E-state index >= 15 is 0 Å². The fourth-order valence-electron chi connectivity index (χ4n) is 2.12. The first kappa shape index (κ1) is 15.9. The highest BCUT2D eigenvalue weighted by molar-refractivity contribution is 5.94. The molecule has 0 spiro atoms. The number of esters is 1. The van der Waals surface area contributed by atoms with Crippen LogP contribution in [0, 0.1) is 17.5 Å². The van der Waals surface area contributed by atoms with E-state index in [4.69, 9.17) is 4.74 Å². The van der Waals surface area contributed by atoms with E-state index in [1.54, 1.807) is 0 Å². The number of benzene rings is 1. The van der Waals surface area contributed by atoms with Crippen LogP contribution < -0.4 is 5.32 Å². The molecule has 1 N–H and O–H groups in total. The van der Waals surface area contributed by atoms with Crippen molar-refractivity contribution in [1.82, 2.24) is 5.32 Å². The molecule has 22 heavy (non-hydrogen) atoms. The maximum absolute atomic E-state index is 14.0. The SMILES string of the molecule is COC(=O)C1=C(C)N=C(OC)NC1c1cc(F)c(F)cc1F. The highest BCUT2D eigenvalue weighted by atomic mass is 19.2. The van der Waals surface area contributed by atoms with Crippen molar-refractivity contribution < 1.29 is 27.4 Å². The maximum Gasteiger partial charge on any atom is 0.338 e. The number of allylic oxidation sites excluding steroid dienone is 1. The number of hydrogen-bond acceptors (Lipinski definition) is 5. The molecule has 0 aliphatic carbocycles. The van der Waals surface area contributed by atoms with Crippen LogP contribution in [0.25, 0.3) is 0 Å². The van der Waals surface area contributed by atoms with Crippen molar-refractivity contribution in [2.24, 2.45) is 4.99 Å². The van der Waals surface area contributed by atoms with Gasteiger partial charge in [0.1, 0.15) is 5.82 Å². The van der Waals surface area contributed by atoms with E-state index in [0.717, 1.165) is 7.11 Å². The molecule has 5 nitrogen and oxygen atoms in total. The van der Waals surface area contributed by atoms with Crippen molar-refractivity contribution in [3.63, 3.8) is 0 Å². The Hall–Kier alpha value is -2.51. The number of amidine groups is 1. The van der Waals surface area contributed by atoms with Crippen molar-refractivity contribution in [2.75, 3.05) is 14.2 Å². The van der Waals surface area contributed by atoms with Crippen molar-refractivity contribution in [3.05, 3.63) is 46.4 Å². The van der Waals surface area contributed by atoms with Gasteiger partial charge in [0.15, 0.2) is 11.6 Å². The summed E-state index contributed by atoms with van der Waals surface area (Å²) in [7, 11) is 2.47. The van der Waals surface area contributed by atoms with Gasteiger partial charge in [-0.25, -0.2) is 23.0 Å². The number of halogens is 3. The molecule has 1 aromatic rings. The Balaban J connectivity index is 2.60. The number of carbonyl (C=O) groups excluding carboxylic acids is 1. The molecule has 8 heteroatoms. The fourth-order valence-corrected chi connectivity index (χ4v) is 2.12. The molecule has 0 amide bonds. The molecule has 1 heterocycles. The first-order valence-electron chi connectivity index (χ1n) is 6.21. The van der Waals surface area contributed by atoms with Crippen LogP contribution in [0.15, 0.2) is 28.4 Å². The Morgan fingerprint density at radius 2 is 1.82 bits per heavy atom. The molecule has 0 radical (unpaired) electrons. The van der Waals surface area contributed by atoms with Crippen molar-refractivity contribution in [1.29, 1.82) is 0 Å². The number of rotatable bonds is 2. The molecule has 0 saturated heterocycles. The minimum atomic E-state index is -1.32. The first-order valence-corrected chi connectivity index (χ1v) is 6.21. The predicted octanol–water partition coefficient (Wildman–Crippen LogP) is 2.20. The Bertz CT molecular complexity index is 686. The molecule has 2 rings (SSSR count). The highest BCUT2D eigenvalue weighted by Gasteiger charge is 2.33. The van der Waals surface area contributed by atoms with E-state index in [0.29, 0.717) is 12.1 Å². The van der Waals surface area contributed by atoms with Crippen LogP contribution in [0.3, 0.4) is 0 Å². The minimum Gasteiger partial charge on any atom is -0.468 e. The van der Waals surface area contributed by atoms with Gasteiger partial charge in [0.05, 0.1) is 31.5 Å². The lowest BCUT2D eigenvalue weighted by atomic mass is 9.95.